The topological polar surface area (TPSA) is 48.3 Å². The van der Waals surface area contributed by atoms with E-state index in [9.17, 15) is 9.59 Å². The van der Waals surface area contributed by atoms with E-state index >= 15 is 0 Å². The van der Waals surface area contributed by atoms with Crippen molar-refractivity contribution in [2.24, 2.45) is 0 Å². The number of rotatable bonds is 4. The molecule has 1 heterocycles. The van der Waals surface area contributed by atoms with Crippen molar-refractivity contribution < 1.29 is 14.3 Å². The highest BCUT2D eigenvalue weighted by Crippen LogP contribution is 2.13. The summed E-state index contributed by atoms with van der Waals surface area (Å²) < 4.78 is 6.29. The minimum Gasteiger partial charge on any atom is -0.463 e. The summed E-state index contributed by atoms with van der Waals surface area (Å²) in [6.45, 7) is 2.45. The van der Waals surface area contributed by atoms with Gasteiger partial charge >= 0.3 is 5.97 Å². The maximum Gasteiger partial charge on any atom is 0.381 e. The molecule has 0 aliphatic heterocycles. The molecule has 4 heteroatoms. The van der Waals surface area contributed by atoms with Crippen LogP contribution in [-0.2, 0) is 16.1 Å². The average molecular weight is 257 g/mol. The zero-order chi connectivity index (χ0) is 13.8. The molecule has 0 saturated heterocycles. The van der Waals surface area contributed by atoms with E-state index in [0.717, 1.165) is 11.3 Å². The predicted octanol–water partition coefficient (Wildman–Crippen LogP) is 2.20. The highest BCUT2D eigenvalue weighted by molar-refractivity contribution is 6.40. The molecule has 98 valence electrons. The Kier molecular flexibility index (Phi) is 3.80. The van der Waals surface area contributed by atoms with E-state index in [1.165, 1.54) is 7.11 Å². The Labute approximate surface area is 111 Å². The van der Waals surface area contributed by atoms with E-state index in [1.54, 1.807) is 6.07 Å². The lowest BCUT2D eigenvalue weighted by molar-refractivity contribution is -0.135. The molecule has 19 heavy (non-hydrogen) atoms. The smallest absolute Gasteiger partial charge is 0.381 e. The molecule has 0 bridgehead atoms. The van der Waals surface area contributed by atoms with Crippen molar-refractivity contribution in [1.29, 1.82) is 0 Å². The SMILES string of the molecule is COC(=O)C(=O)c1ccc(C)n1Cc1ccccc1. The van der Waals surface area contributed by atoms with E-state index in [0.29, 0.717) is 12.2 Å². The molecular weight excluding hydrogens is 242 g/mol. The first kappa shape index (κ1) is 13.1. The van der Waals surface area contributed by atoms with Crippen LogP contribution in [0.25, 0.3) is 0 Å². The van der Waals surface area contributed by atoms with Crippen molar-refractivity contribution in [2.45, 2.75) is 13.5 Å². The van der Waals surface area contributed by atoms with Gasteiger partial charge in [0.1, 0.15) is 0 Å². The Hall–Kier alpha value is -2.36. The fourth-order valence-corrected chi connectivity index (χ4v) is 1.94. The zero-order valence-corrected chi connectivity index (χ0v) is 10.9. The molecule has 2 rings (SSSR count). The van der Waals surface area contributed by atoms with Gasteiger partial charge in [-0.05, 0) is 24.6 Å². The van der Waals surface area contributed by atoms with Crippen LogP contribution in [0.3, 0.4) is 0 Å². The lowest BCUT2D eigenvalue weighted by atomic mass is 10.2. The number of ether oxygens (including phenoxy) is 1. The van der Waals surface area contributed by atoms with E-state index in [-0.39, 0.29) is 0 Å². The molecule has 1 aromatic heterocycles. The van der Waals surface area contributed by atoms with Crippen molar-refractivity contribution in [3.05, 3.63) is 59.4 Å². The maximum absolute atomic E-state index is 11.9. The van der Waals surface area contributed by atoms with E-state index in [1.807, 2.05) is 47.9 Å². The number of benzene rings is 1. The van der Waals surface area contributed by atoms with Gasteiger partial charge < -0.3 is 9.30 Å². The molecular formula is C15H15NO3. The molecule has 0 saturated carbocycles. The van der Waals surface area contributed by atoms with Crippen molar-refractivity contribution in [2.75, 3.05) is 7.11 Å². The summed E-state index contributed by atoms with van der Waals surface area (Å²) in [5, 5.41) is 0. The monoisotopic (exact) mass is 257 g/mol. The lowest BCUT2D eigenvalue weighted by Crippen LogP contribution is -2.20. The van der Waals surface area contributed by atoms with E-state index in [2.05, 4.69) is 4.74 Å². The molecule has 0 aliphatic carbocycles. The van der Waals surface area contributed by atoms with Crippen LogP contribution in [0.2, 0.25) is 0 Å². The zero-order valence-electron chi connectivity index (χ0n) is 10.9. The third-order valence-electron chi connectivity index (χ3n) is 2.99. The number of ketones is 1. The number of carbonyl (C=O) groups is 2. The molecule has 2 aromatic rings. The number of nitrogens with zero attached hydrogens (tertiary/aromatic N) is 1. The fraction of sp³-hybridized carbons (Fsp3) is 0.200. The second kappa shape index (κ2) is 5.52. The average Bonchev–Trinajstić information content (AvgIpc) is 2.80. The molecule has 0 N–H and O–H groups in total. The quantitative estimate of drug-likeness (QED) is 0.479. The highest BCUT2D eigenvalue weighted by atomic mass is 16.5. The van der Waals surface area contributed by atoms with Crippen molar-refractivity contribution >= 4 is 11.8 Å². The van der Waals surface area contributed by atoms with E-state index in [4.69, 9.17) is 0 Å². The summed E-state index contributed by atoms with van der Waals surface area (Å²) in [5.41, 5.74) is 2.35. The van der Waals surface area contributed by atoms with Crippen LogP contribution < -0.4 is 0 Å². The number of hydrogen-bond acceptors (Lipinski definition) is 3. The lowest BCUT2D eigenvalue weighted by Gasteiger charge is -2.10. The molecule has 0 unspecified atom stereocenters. The summed E-state index contributed by atoms with van der Waals surface area (Å²) in [6, 6.07) is 13.2. The van der Waals surface area contributed by atoms with Gasteiger partial charge in [0.05, 0.1) is 12.8 Å². The first-order chi connectivity index (χ1) is 9.13. The molecule has 0 radical (unpaired) electrons. The molecule has 0 spiro atoms. The minimum absolute atomic E-state index is 0.355. The van der Waals surface area contributed by atoms with Gasteiger partial charge in [0.15, 0.2) is 0 Å². The van der Waals surface area contributed by atoms with Crippen LogP contribution in [0.1, 0.15) is 21.7 Å². The number of aryl methyl sites for hydroxylation is 1. The van der Waals surface area contributed by atoms with Crippen molar-refractivity contribution in [3.8, 4) is 0 Å². The van der Waals surface area contributed by atoms with Crippen LogP contribution >= 0.6 is 0 Å². The Balaban J connectivity index is 2.33. The van der Waals surface area contributed by atoms with Crippen LogP contribution in [0.4, 0.5) is 0 Å². The Morgan fingerprint density at radius 1 is 1.11 bits per heavy atom. The minimum atomic E-state index is -0.840. The van der Waals surface area contributed by atoms with Gasteiger partial charge in [0.2, 0.25) is 0 Å². The highest BCUT2D eigenvalue weighted by Gasteiger charge is 2.21. The van der Waals surface area contributed by atoms with Gasteiger partial charge in [0.25, 0.3) is 5.78 Å². The Morgan fingerprint density at radius 3 is 2.42 bits per heavy atom. The Morgan fingerprint density at radius 2 is 1.79 bits per heavy atom. The normalized spacial score (nSPS) is 10.2. The molecule has 0 fully saturated rings. The molecule has 0 aliphatic rings. The summed E-state index contributed by atoms with van der Waals surface area (Å²) in [5.74, 6) is -1.46. The maximum atomic E-state index is 11.9. The van der Waals surface area contributed by atoms with Gasteiger partial charge in [-0.2, -0.15) is 0 Å². The van der Waals surface area contributed by atoms with Crippen molar-refractivity contribution in [3.63, 3.8) is 0 Å². The standard InChI is InChI=1S/C15H15NO3/c1-11-8-9-13(14(17)15(18)19-2)16(11)10-12-6-4-3-5-7-12/h3-9H,10H2,1-2H3. The van der Waals surface area contributed by atoms with Gasteiger partial charge in [-0.1, -0.05) is 30.3 Å². The predicted molar refractivity (Wildman–Crippen MR) is 71.1 cm³/mol. The first-order valence-corrected chi connectivity index (χ1v) is 5.96. The van der Waals surface area contributed by atoms with Crippen LogP contribution in [-0.4, -0.2) is 23.4 Å². The largest absolute Gasteiger partial charge is 0.463 e. The number of aromatic nitrogens is 1. The number of Topliss-reactive ketones (excluding diaryl/α,β-unsaturated/α-hetero) is 1. The summed E-state index contributed by atoms with van der Waals surface area (Å²) in [6.07, 6.45) is 0. The van der Waals surface area contributed by atoms with Gasteiger partial charge in [-0.25, -0.2) is 4.79 Å². The summed E-state index contributed by atoms with van der Waals surface area (Å²) >= 11 is 0. The third-order valence-corrected chi connectivity index (χ3v) is 2.99. The Bertz CT molecular complexity index is 599. The molecule has 1 aromatic carbocycles. The van der Waals surface area contributed by atoms with Gasteiger partial charge in [-0.3, -0.25) is 4.79 Å². The van der Waals surface area contributed by atoms with Gasteiger partial charge in [-0.15, -0.1) is 0 Å². The van der Waals surface area contributed by atoms with E-state index < -0.39 is 11.8 Å². The third kappa shape index (κ3) is 2.73. The second-order valence-corrected chi connectivity index (χ2v) is 4.25. The van der Waals surface area contributed by atoms with Crippen LogP contribution in [0.15, 0.2) is 42.5 Å². The second-order valence-electron chi connectivity index (χ2n) is 4.25. The first-order valence-electron chi connectivity index (χ1n) is 5.96. The number of methoxy groups -OCH3 is 1. The number of carbonyl (C=O) groups excluding carboxylic acids is 2. The molecule has 0 atom stereocenters. The fourth-order valence-electron chi connectivity index (χ4n) is 1.94. The van der Waals surface area contributed by atoms with Crippen LogP contribution in [0.5, 0.6) is 0 Å². The van der Waals surface area contributed by atoms with Crippen LogP contribution in [0, 0.1) is 6.92 Å². The van der Waals surface area contributed by atoms with Crippen molar-refractivity contribution in [1.82, 2.24) is 4.57 Å². The van der Waals surface area contributed by atoms with Gasteiger partial charge in [0, 0.05) is 12.2 Å². The summed E-state index contributed by atoms with van der Waals surface area (Å²) in [4.78, 5) is 23.2. The molecule has 0 amide bonds. The summed E-state index contributed by atoms with van der Waals surface area (Å²) in [7, 11) is 1.21. The number of hydrogen-bond donors (Lipinski definition) is 0. The molecule has 4 nitrogen and oxygen atoms in total. The number of esters is 1.